The maximum absolute atomic E-state index is 11.7. The van der Waals surface area contributed by atoms with Gasteiger partial charge in [0.25, 0.3) is 5.91 Å². The predicted octanol–water partition coefficient (Wildman–Crippen LogP) is 1.78. The molecule has 5 heteroatoms. The van der Waals surface area contributed by atoms with Crippen LogP contribution in [0.5, 0.6) is 0 Å². The number of aliphatic imine (C=N–C) groups is 1. The van der Waals surface area contributed by atoms with Gasteiger partial charge in [0.2, 0.25) is 0 Å². The summed E-state index contributed by atoms with van der Waals surface area (Å²) in [4.78, 5) is 15.4. The van der Waals surface area contributed by atoms with Gasteiger partial charge in [-0.3, -0.25) is 15.6 Å². The fourth-order valence-electron chi connectivity index (χ4n) is 1.34. The molecular weight excluding hydrogens is 228 g/mol. The molecule has 0 spiro atoms. The number of nitrogens with one attached hydrogen (secondary N) is 3. The molecule has 0 bridgehead atoms. The molecule has 0 fully saturated rings. The van der Waals surface area contributed by atoms with Crippen molar-refractivity contribution in [3.63, 3.8) is 0 Å². The molecule has 1 rings (SSSR count). The van der Waals surface area contributed by atoms with Gasteiger partial charge in [-0.1, -0.05) is 30.3 Å². The zero-order valence-corrected chi connectivity index (χ0v) is 10.4. The van der Waals surface area contributed by atoms with E-state index in [0.29, 0.717) is 6.54 Å². The van der Waals surface area contributed by atoms with Gasteiger partial charge in [-0.2, -0.15) is 0 Å². The summed E-state index contributed by atoms with van der Waals surface area (Å²) in [5, 5.41) is 17.4. The van der Waals surface area contributed by atoms with Gasteiger partial charge >= 0.3 is 0 Å². The number of benzene rings is 1. The molecule has 0 unspecified atom stereocenters. The summed E-state index contributed by atoms with van der Waals surface area (Å²) in [5.74, 6) is -0.408. The van der Waals surface area contributed by atoms with E-state index in [9.17, 15) is 4.79 Å². The van der Waals surface area contributed by atoms with Crippen LogP contribution in [0.2, 0.25) is 0 Å². The van der Waals surface area contributed by atoms with Crippen molar-refractivity contribution in [3.05, 3.63) is 35.9 Å². The van der Waals surface area contributed by atoms with Crippen molar-refractivity contribution < 1.29 is 4.79 Å². The Bertz CT molecular complexity index is 491. The molecule has 0 radical (unpaired) electrons. The second kappa shape index (κ2) is 6.44. The third-order valence-corrected chi connectivity index (χ3v) is 2.22. The molecular formula is C13H16N4O. The van der Waals surface area contributed by atoms with Crippen molar-refractivity contribution in [2.75, 3.05) is 0 Å². The van der Waals surface area contributed by atoms with E-state index in [4.69, 9.17) is 10.8 Å². The first-order chi connectivity index (χ1) is 8.50. The molecule has 0 atom stereocenters. The summed E-state index contributed by atoms with van der Waals surface area (Å²) in [5.41, 5.74) is 1.00. The minimum Gasteiger partial charge on any atom is -0.347 e. The molecule has 18 heavy (non-hydrogen) atoms. The Morgan fingerprint density at radius 3 is 2.39 bits per heavy atom. The number of hydrogen-bond donors (Lipinski definition) is 3. The number of carbonyl (C=O) groups excluding carboxylic acids is 1. The van der Waals surface area contributed by atoms with E-state index in [1.165, 1.54) is 6.92 Å². The molecule has 0 aliphatic heterocycles. The van der Waals surface area contributed by atoms with Crippen molar-refractivity contribution in [1.29, 1.82) is 10.8 Å². The first kappa shape index (κ1) is 13.8. The maximum Gasteiger partial charge on any atom is 0.271 e. The first-order valence-corrected chi connectivity index (χ1v) is 5.52. The Balaban J connectivity index is 2.56. The molecule has 5 nitrogen and oxygen atoms in total. The molecule has 0 saturated heterocycles. The SMILES string of the molecule is CC(=N)/N=C(/C)C(=N)C(=O)NCc1ccccc1. The Morgan fingerprint density at radius 1 is 1.22 bits per heavy atom. The van der Waals surface area contributed by atoms with E-state index in [1.807, 2.05) is 30.3 Å². The first-order valence-electron chi connectivity index (χ1n) is 5.52. The lowest BCUT2D eigenvalue weighted by Gasteiger charge is -2.06. The van der Waals surface area contributed by atoms with E-state index < -0.39 is 5.91 Å². The van der Waals surface area contributed by atoms with Crippen molar-refractivity contribution in [1.82, 2.24) is 5.32 Å². The standard InChI is InChI=1S/C13H16N4O/c1-9(17-10(2)14)12(15)13(18)16-8-11-6-4-3-5-7-11/h3-7,14-15H,8H2,1-2H3,(H,16,18)/b14-10?,15-12?,17-9-. The van der Waals surface area contributed by atoms with E-state index in [2.05, 4.69) is 10.3 Å². The number of rotatable bonds is 4. The fraction of sp³-hybridized carbons (Fsp3) is 0.231. The van der Waals surface area contributed by atoms with Crippen molar-refractivity contribution in [2.45, 2.75) is 20.4 Å². The predicted molar refractivity (Wildman–Crippen MR) is 72.5 cm³/mol. The van der Waals surface area contributed by atoms with Gasteiger partial charge in [-0.15, -0.1) is 0 Å². The number of amidine groups is 1. The van der Waals surface area contributed by atoms with E-state index in [1.54, 1.807) is 6.92 Å². The minimum atomic E-state index is -0.485. The van der Waals surface area contributed by atoms with Crippen molar-refractivity contribution in [3.8, 4) is 0 Å². The Morgan fingerprint density at radius 2 is 1.83 bits per heavy atom. The normalized spacial score (nSPS) is 10.9. The van der Waals surface area contributed by atoms with Crippen LogP contribution in [0.3, 0.4) is 0 Å². The van der Waals surface area contributed by atoms with Gasteiger partial charge in [-0.05, 0) is 19.4 Å². The van der Waals surface area contributed by atoms with Crippen molar-refractivity contribution >= 4 is 23.2 Å². The van der Waals surface area contributed by atoms with Crippen LogP contribution in [0, 0.1) is 10.8 Å². The van der Waals surface area contributed by atoms with Crippen LogP contribution in [0.15, 0.2) is 35.3 Å². The van der Waals surface area contributed by atoms with Crippen LogP contribution in [0.1, 0.15) is 19.4 Å². The van der Waals surface area contributed by atoms with Crippen LogP contribution < -0.4 is 5.32 Å². The number of nitrogens with zero attached hydrogens (tertiary/aromatic N) is 1. The van der Waals surface area contributed by atoms with Gasteiger partial charge in [0.05, 0.1) is 5.71 Å². The summed E-state index contributed by atoms with van der Waals surface area (Å²) in [7, 11) is 0. The highest BCUT2D eigenvalue weighted by Gasteiger charge is 2.12. The summed E-state index contributed by atoms with van der Waals surface area (Å²) < 4.78 is 0. The van der Waals surface area contributed by atoms with Crippen LogP contribution >= 0.6 is 0 Å². The molecule has 0 aliphatic carbocycles. The average molecular weight is 244 g/mol. The lowest BCUT2D eigenvalue weighted by Crippen LogP contribution is -2.34. The highest BCUT2D eigenvalue weighted by molar-refractivity contribution is 6.66. The van der Waals surface area contributed by atoms with E-state index in [-0.39, 0.29) is 17.3 Å². The largest absolute Gasteiger partial charge is 0.347 e. The summed E-state index contributed by atoms with van der Waals surface area (Å²) in [6.45, 7) is 3.42. The summed E-state index contributed by atoms with van der Waals surface area (Å²) >= 11 is 0. The minimum absolute atomic E-state index is 0.0770. The van der Waals surface area contributed by atoms with E-state index in [0.717, 1.165) is 5.56 Å². The van der Waals surface area contributed by atoms with Gasteiger partial charge in [0, 0.05) is 6.54 Å². The van der Waals surface area contributed by atoms with Crippen LogP contribution in [-0.2, 0) is 11.3 Å². The highest BCUT2D eigenvalue weighted by Crippen LogP contribution is 1.97. The van der Waals surface area contributed by atoms with Crippen LogP contribution in [0.25, 0.3) is 0 Å². The lowest BCUT2D eigenvalue weighted by atomic mass is 10.2. The van der Waals surface area contributed by atoms with E-state index >= 15 is 0 Å². The average Bonchev–Trinajstić information content (AvgIpc) is 2.35. The van der Waals surface area contributed by atoms with Gasteiger partial charge in [0.1, 0.15) is 11.5 Å². The monoisotopic (exact) mass is 244 g/mol. The number of carbonyl (C=O) groups is 1. The van der Waals surface area contributed by atoms with Crippen molar-refractivity contribution in [2.24, 2.45) is 4.99 Å². The molecule has 0 heterocycles. The smallest absolute Gasteiger partial charge is 0.271 e. The number of hydrogen-bond acceptors (Lipinski definition) is 3. The molecule has 94 valence electrons. The van der Waals surface area contributed by atoms with Gasteiger partial charge < -0.3 is 5.32 Å². The second-order valence-corrected chi connectivity index (χ2v) is 3.83. The zero-order chi connectivity index (χ0) is 13.5. The third kappa shape index (κ3) is 4.29. The van der Waals surface area contributed by atoms with Crippen LogP contribution in [0.4, 0.5) is 0 Å². The molecule has 1 aromatic rings. The molecule has 1 amide bonds. The number of amides is 1. The molecule has 3 N–H and O–H groups in total. The summed E-state index contributed by atoms with van der Waals surface area (Å²) in [6.07, 6.45) is 0. The second-order valence-electron chi connectivity index (χ2n) is 3.83. The highest BCUT2D eigenvalue weighted by atomic mass is 16.1. The molecule has 0 saturated carbocycles. The quantitative estimate of drug-likeness (QED) is 0.547. The maximum atomic E-state index is 11.7. The van der Waals surface area contributed by atoms with Gasteiger partial charge in [-0.25, -0.2) is 4.99 Å². The Kier molecular flexibility index (Phi) is 4.92. The Hall–Kier alpha value is -2.30. The lowest BCUT2D eigenvalue weighted by molar-refractivity contribution is -0.114. The summed E-state index contributed by atoms with van der Waals surface area (Å²) in [6, 6.07) is 9.46. The third-order valence-electron chi connectivity index (χ3n) is 2.22. The Labute approximate surface area is 106 Å². The fourth-order valence-corrected chi connectivity index (χ4v) is 1.34. The zero-order valence-electron chi connectivity index (χ0n) is 10.4. The topological polar surface area (TPSA) is 89.2 Å². The van der Waals surface area contributed by atoms with Crippen LogP contribution in [-0.4, -0.2) is 23.2 Å². The molecule has 1 aromatic carbocycles. The molecule has 0 aliphatic rings. The molecule has 0 aromatic heterocycles. The van der Waals surface area contributed by atoms with Gasteiger partial charge in [0.15, 0.2) is 0 Å².